The maximum Gasteiger partial charge on any atom is 0.304 e. The number of anilines is 1. The van der Waals surface area contributed by atoms with Crippen LogP contribution < -0.4 is 14.4 Å². The maximum absolute atomic E-state index is 14.1. The number of benzene rings is 3. The number of carbonyl (C=O) groups is 2. The maximum atomic E-state index is 14.1. The molecule has 1 N–H and O–H groups in total. The Morgan fingerprint density at radius 1 is 0.950 bits per heavy atom. The van der Waals surface area contributed by atoms with Gasteiger partial charge in [-0.15, -0.1) is 0 Å². The fourth-order valence-electron chi connectivity index (χ4n) is 4.14. The van der Waals surface area contributed by atoms with E-state index in [1.807, 2.05) is 30.3 Å². The predicted octanol–water partition coefficient (Wildman–Crippen LogP) is 3.22. The van der Waals surface area contributed by atoms with Gasteiger partial charge in [0.2, 0.25) is 11.8 Å². The lowest BCUT2D eigenvalue weighted by Crippen LogP contribution is -2.54. The van der Waals surface area contributed by atoms with Crippen LogP contribution in [-0.2, 0) is 32.8 Å². The average molecular weight is 571 g/mol. The zero-order chi connectivity index (χ0) is 29.3. The largest absolute Gasteiger partial charge is 0.497 e. The predicted molar refractivity (Wildman–Crippen MR) is 153 cm³/mol. The van der Waals surface area contributed by atoms with Crippen LogP contribution in [0.1, 0.15) is 18.1 Å². The number of ether oxygens (including phenoxy) is 1. The lowest BCUT2D eigenvalue weighted by molar-refractivity contribution is -0.140. The standard InChI is InChI=1S/C29H35FN4O5S/c1-5-31-29(36)27(19-22-10-7-6-8-11-22)33(20-23-12-9-13-26(18-23)39-4)28(35)21-34(40(37,38)32(2)3)25-16-14-24(30)15-17-25/h6-18,27H,5,19-21H2,1-4H3,(H,31,36)/t27-/m0/s1. The van der Waals surface area contributed by atoms with E-state index in [2.05, 4.69) is 5.32 Å². The van der Waals surface area contributed by atoms with Gasteiger partial charge in [0.05, 0.1) is 12.8 Å². The van der Waals surface area contributed by atoms with Gasteiger partial charge in [-0.2, -0.15) is 12.7 Å². The second-order valence-electron chi connectivity index (χ2n) is 9.25. The Labute approximate surface area is 235 Å². The van der Waals surface area contributed by atoms with E-state index < -0.39 is 34.5 Å². The molecule has 3 rings (SSSR count). The van der Waals surface area contributed by atoms with E-state index in [9.17, 15) is 22.4 Å². The Morgan fingerprint density at radius 3 is 2.20 bits per heavy atom. The first-order valence-corrected chi connectivity index (χ1v) is 14.2. The van der Waals surface area contributed by atoms with Gasteiger partial charge in [0.1, 0.15) is 24.2 Å². The van der Waals surface area contributed by atoms with E-state index in [-0.39, 0.29) is 24.6 Å². The number of carbonyl (C=O) groups excluding carboxylic acids is 2. The van der Waals surface area contributed by atoms with E-state index in [0.717, 1.165) is 26.3 Å². The minimum absolute atomic E-state index is 0.0178. The molecule has 214 valence electrons. The summed E-state index contributed by atoms with van der Waals surface area (Å²) in [5.41, 5.74) is 1.64. The van der Waals surface area contributed by atoms with Crippen LogP contribution in [0, 0.1) is 5.82 Å². The fraction of sp³-hybridized carbons (Fsp3) is 0.310. The van der Waals surface area contributed by atoms with E-state index in [4.69, 9.17) is 4.74 Å². The number of methoxy groups -OCH3 is 1. The Hall–Kier alpha value is -3.96. The summed E-state index contributed by atoms with van der Waals surface area (Å²) < 4.78 is 47.5. The lowest BCUT2D eigenvalue weighted by atomic mass is 10.0. The number of nitrogens with zero attached hydrogens (tertiary/aromatic N) is 3. The van der Waals surface area contributed by atoms with Gasteiger partial charge in [-0.3, -0.25) is 9.59 Å². The van der Waals surface area contributed by atoms with Crippen LogP contribution in [0.5, 0.6) is 5.75 Å². The average Bonchev–Trinajstić information content (AvgIpc) is 2.94. The summed E-state index contributed by atoms with van der Waals surface area (Å²) in [7, 11) is 0.0625. The van der Waals surface area contributed by atoms with Gasteiger partial charge >= 0.3 is 10.2 Å². The molecular formula is C29H35FN4O5S. The molecule has 0 fully saturated rings. The Morgan fingerprint density at radius 2 is 1.60 bits per heavy atom. The lowest BCUT2D eigenvalue weighted by Gasteiger charge is -2.34. The second kappa shape index (κ2) is 13.9. The Kier molecular flexibility index (Phi) is 10.6. The van der Waals surface area contributed by atoms with Crippen LogP contribution in [0.25, 0.3) is 0 Å². The van der Waals surface area contributed by atoms with Crippen molar-refractivity contribution in [3.63, 3.8) is 0 Å². The molecule has 0 aliphatic heterocycles. The van der Waals surface area contributed by atoms with Crippen molar-refractivity contribution in [2.45, 2.75) is 25.9 Å². The molecule has 11 heteroatoms. The number of likely N-dealkylation sites (N-methyl/N-ethyl adjacent to an activating group) is 1. The van der Waals surface area contributed by atoms with E-state index >= 15 is 0 Å². The summed E-state index contributed by atoms with van der Waals surface area (Å²) in [6.07, 6.45) is 0.208. The van der Waals surface area contributed by atoms with Crippen LogP contribution in [0.3, 0.4) is 0 Å². The van der Waals surface area contributed by atoms with Crippen molar-refractivity contribution in [3.05, 3.63) is 95.8 Å². The zero-order valence-electron chi connectivity index (χ0n) is 23.1. The third-order valence-corrected chi connectivity index (χ3v) is 8.06. The minimum atomic E-state index is -4.16. The summed E-state index contributed by atoms with van der Waals surface area (Å²) in [5.74, 6) is -0.946. The molecule has 0 spiro atoms. The summed E-state index contributed by atoms with van der Waals surface area (Å²) in [5, 5.41) is 2.81. The summed E-state index contributed by atoms with van der Waals surface area (Å²) in [6, 6.07) is 20.3. The smallest absolute Gasteiger partial charge is 0.304 e. The number of nitrogens with one attached hydrogen (secondary N) is 1. The van der Waals surface area contributed by atoms with Crippen LogP contribution in [0.15, 0.2) is 78.9 Å². The molecule has 40 heavy (non-hydrogen) atoms. The highest BCUT2D eigenvalue weighted by Crippen LogP contribution is 2.23. The molecular weight excluding hydrogens is 535 g/mol. The first kappa shape index (κ1) is 30.6. The third kappa shape index (κ3) is 7.80. The molecule has 0 radical (unpaired) electrons. The van der Waals surface area contributed by atoms with E-state index in [0.29, 0.717) is 17.9 Å². The molecule has 0 heterocycles. The summed E-state index contributed by atoms with van der Waals surface area (Å²) in [4.78, 5) is 28.9. The molecule has 0 saturated carbocycles. The zero-order valence-corrected chi connectivity index (χ0v) is 23.9. The number of rotatable bonds is 13. The molecule has 9 nitrogen and oxygen atoms in total. The Bertz CT molecular complexity index is 1390. The van der Waals surface area contributed by atoms with Crippen molar-refractivity contribution >= 4 is 27.7 Å². The van der Waals surface area contributed by atoms with Gasteiger partial charge in [-0.25, -0.2) is 8.70 Å². The van der Waals surface area contributed by atoms with E-state index in [1.54, 1.807) is 31.2 Å². The van der Waals surface area contributed by atoms with Crippen molar-refractivity contribution in [3.8, 4) is 5.75 Å². The van der Waals surface area contributed by atoms with Crippen LogP contribution in [0.2, 0.25) is 0 Å². The fourth-order valence-corrected chi connectivity index (χ4v) is 5.19. The van der Waals surface area contributed by atoms with Crippen molar-refractivity contribution in [1.29, 1.82) is 0 Å². The van der Waals surface area contributed by atoms with Gasteiger partial charge in [-0.1, -0.05) is 42.5 Å². The van der Waals surface area contributed by atoms with Crippen molar-refractivity contribution < 1.29 is 27.1 Å². The Balaban J connectivity index is 2.08. The summed E-state index contributed by atoms with van der Waals surface area (Å²) in [6.45, 7) is 1.54. The van der Waals surface area contributed by atoms with Crippen LogP contribution in [0.4, 0.5) is 10.1 Å². The molecule has 0 aromatic heterocycles. The molecule has 0 saturated heterocycles. The van der Waals surface area contributed by atoms with Crippen molar-refractivity contribution in [2.24, 2.45) is 0 Å². The highest BCUT2D eigenvalue weighted by atomic mass is 32.2. The summed E-state index contributed by atoms with van der Waals surface area (Å²) >= 11 is 0. The molecule has 0 aliphatic rings. The second-order valence-corrected chi connectivity index (χ2v) is 11.3. The van der Waals surface area contributed by atoms with Crippen LogP contribution >= 0.6 is 0 Å². The van der Waals surface area contributed by atoms with Gasteiger partial charge in [0.25, 0.3) is 0 Å². The highest BCUT2D eigenvalue weighted by molar-refractivity contribution is 7.90. The highest BCUT2D eigenvalue weighted by Gasteiger charge is 2.34. The molecule has 1 atom stereocenters. The van der Waals surface area contributed by atoms with Gasteiger partial charge in [0.15, 0.2) is 0 Å². The van der Waals surface area contributed by atoms with Crippen LogP contribution in [-0.4, -0.2) is 69.8 Å². The first-order chi connectivity index (χ1) is 19.1. The first-order valence-electron chi connectivity index (χ1n) is 12.8. The number of hydrogen-bond acceptors (Lipinski definition) is 5. The van der Waals surface area contributed by atoms with Crippen molar-refractivity contribution in [2.75, 3.05) is 38.6 Å². The topological polar surface area (TPSA) is 99.3 Å². The number of amides is 2. The normalized spacial score (nSPS) is 12.1. The van der Waals surface area contributed by atoms with Gasteiger partial charge in [0, 0.05) is 33.6 Å². The molecule has 0 aliphatic carbocycles. The van der Waals surface area contributed by atoms with E-state index in [1.165, 1.54) is 38.2 Å². The van der Waals surface area contributed by atoms with Crippen molar-refractivity contribution in [1.82, 2.24) is 14.5 Å². The van der Waals surface area contributed by atoms with Gasteiger partial charge in [-0.05, 0) is 54.4 Å². The molecule has 0 unspecified atom stereocenters. The third-order valence-electron chi connectivity index (χ3n) is 6.24. The minimum Gasteiger partial charge on any atom is -0.497 e. The molecule has 2 amide bonds. The SMILES string of the molecule is CCNC(=O)[C@H](Cc1ccccc1)N(Cc1cccc(OC)c1)C(=O)CN(c1ccc(F)cc1)S(=O)(=O)N(C)C. The molecule has 3 aromatic rings. The number of hydrogen-bond donors (Lipinski definition) is 1. The monoisotopic (exact) mass is 570 g/mol. The number of halogens is 1. The quantitative estimate of drug-likeness (QED) is 0.340. The molecule has 3 aromatic carbocycles. The molecule has 0 bridgehead atoms. The van der Waals surface area contributed by atoms with Gasteiger partial charge < -0.3 is 15.0 Å².